The Labute approximate surface area is 71.7 Å². The van der Waals surface area contributed by atoms with Gasteiger partial charge in [0, 0.05) is 11.6 Å². The summed E-state index contributed by atoms with van der Waals surface area (Å²) in [6, 6.07) is 0. The number of allylic oxidation sites excluding steroid dienone is 2. The van der Waals surface area contributed by atoms with Crippen molar-refractivity contribution in [2.45, 2.75) is 11.8 Å². The van der Waals surface area contributed by atoms with Gasteiger partial charge < -0.3 is 11.5 Å². The van der Waals surface area contributed by atoms with Crippen molar-refractivity contribution in [2.24, 2.45) is 17.4 Å². The van der Waals surface area contributed by atoms with Crippen LogP contribution in [-0.2, 0) is 0 Å². The Morgan fingerprint density at radius 3 is 2.73 bits per heavy atom. The predicted octanol–water partition coefficient (Wildman–Crippen LogP) is 1.05. The highest BCUT2D eigenvalue weighted by molar-refractivity contribution is 8.00. The van der Waals surface area contributed by atoms with Crippen molar-refractivity contribution in [2.75, 3.05) is 6.26 Å². The van der Waals surface area contributed by atoms with Gasteiger partial charge in [0.25, 0.3) is 0 Å². The molecule has 0 aliphatic heterocycles. The number of rotatable bonds is 1. The Balaban J connectivity index is 2.88. The predicted molar refractivity (Wildman–Crippen MR) is 51.0 cm³/mol. The first-order chi connectivity index (χ1) is 5.10. The van der Waals surface area contributed by atoms with E-state index in [1.54, 1.807) is 11.8 Å². The smallest absolute Gasteiger partial charge is 0.0887 e. The second-order valence-corrected chi connectivity index (χ2v) is 3.92. The minimum atomic E-state index is -0.307. The molecule has 2 nitrogen and oxygen atoms in total. The zero-order valence-electron chi connectivity index (χ0n) is 6.87. The van der Waals surface area contributed by atoms with Crippen molar-refractivity contribution in [3.63, 3.8) is 0 Å². The fourth-order valence-corrected chi connectivity index (χ4v) is 1.81. The van der Waals surface area contributed by atoms with E-state index in [-0.39, 0.29) is 10.8 Å². The Hall–Kier alpha value is -0.410. The highest BCUT2D eigenvalue weighted by Gasteiger charge is 2.31. The maximum atomic E-state index is 6.05. The van der Waals surface area contributed by atoms with Crippen LogP contribution in [0.25, 0.3) is 0 Å². The maximum absolute atomic E-state index is 6.05. The van der Waals surface area contributed by atoms with Gasteiger partial charge in [-0.05, 0) is 12.3 Å². The Morgan fingerprint density at radius 1 is 1.64 bits per heavy atom. The van der Waals surface area contributed by atoms with Crippen LogP contribution in [-0.4, -0.2) is 11.1 Å². The van der Waals surface area contributed by atoms with E-state index in [1.165, 1.54) is 0 Å². The molecule has 1 aliphatic rings. The Kier molecular flexibility index (Phi) is 2.30. The lowest BCUT2D eigenvalue weighted by atomic mass is 9.94. The summed E-state index contributed by atoms with van der Waals surface area (Å²) in [7, 11) is 0. The van der Waals surface area contributed by atoms with Crippen LogP contribution in [0.2, 0.25) is 0 Å². The number of hydrogen-bond donors (Lipinski definition) is 2. The third-order valence-corrected chi connectivity index (χ3v) is 3.37. The number of nitrogens with two attached hydrogens (primary N) is 2. The normalized spacial score (nSPS) is 37.0. The van der Waals surface area contributed by atoms with Gasteiger partial charge in [0.15, 0.2) is 0 Å². The molecule has 0 bridgehead atoms. The quantitative estimate of drug-likeness (QED) is 0.578. The molecule has 2 atom stereocenters. The topological polar surface area (TPSA) is 52.0 Å². The van der Waals surface area contributed by atoms with Gasteiger partial charge >= 0.3 is 0 Å². The Bertz CT molecular complexity index is 210. The monoisotopic (exact) mass is 170 g/mol. The second-order valence-electron chi connectivity index (χ2n) is 2.81. The minimum absolute atomic E-state index is 0.225. The van der Waals surface area contributed by atoms with Gasteiger partial charge in [0.2, 0.25) is 0 Å². The van der Waals surface area contributed by atoms with Crippen molar-refractivity contribution in [1.82, 2.24) is 0 Å². The van der Waals surface area contributed by atoms with E-state index >= 15 is 0 Å². The van der Waals surface area contributed by atoms with E-state index in [4.69, 9.17) is 11.5 Å². The van der Waals surface area contributed by atoms with Gasteiger partial charge in [-0.25, -0.2) is 0 Å². The summed E-state index contributed by atoms with van der Waals surface area (Å²) < 4.78 is 0. The summed E-state index contributed by atoms with van der Waals surface area (Å²) in [6.45, 7) is 2.05. The lowest BCUT2D eigenvalue weighted by Crippen LogP contribution is -2.44. The zero-order chi connectivity index (χ0) is 8.48. The van der Waals surface area contributed by atoms with E-state index in [0.717, 1.165) is 5.70 Å². The molecule has 0 saturated carbocycles. The summed E-state index contributed by atoms with van der Waals surface area (Å²) >= 11 is 1.63. The second kappa shape index (κ2) is 2.91. The summed E-state index contributed by atoms with van der Waals surface area (Å²) in [5.41, 5.74) is 12.7. The molecule has 2 unspecified atom stereocenters. The number of hydrogen-bond acceptors (Lipinski definition) is 3. The first-order valence-electron chi connectivity index (χ1n) is 3.59. The lowest BCUT2D eigenvalue weighted by Gasteiger charge is -2.33. The first-order valence-corrected chi connectivity index (χ1v) is 4.81. The molecule has 0 saturated heterocycles. The molecule has 4 N–H and O–H groups in total. The number of thioether (sulfide) groups is 1. The van der Waals surface area contributed by atoms with Gasteiger partial charge in [0.1, 0.15) is 0 Å². The van der Waals surface area contributed by atoms with Crippen molar-refractivity contribution in [3.8, 4) is 0 Å². The van der Waals surface area contributed by atoms with E-state index in [0.29, 0.717) is 0 Å². The minimum Gasteiger partial charge on any atom is -0.402 e. The van der Waals surface area contributed by atoms with Crippen LogP contribution in [0, 0.1) is 5.92 Å². The summed E-state index contributed by atoms with van der Waals surface area (Å²) in [5, 5.41) is 0. The van der Waals surface area contributed by atoms with E-state index in [1.807, 2.05) is 31.4 Å². The van der Waals surface area contributed by atoms with Gasteiger partial charge in [-0.1, -0.05) is 19.1 Å². The molecule has 1 aliphatic carbocycles. The fourth-order valence-electron chi connectivity index (χ4n) is 1.10. The highest BCUT2D eigenvalue weighted by Crippen LogP contribution is 2.32. The largest absolute Gasteiger partial charge is 0.402 e. The average molecular weight is 170 g/mol. The molecule has 0 aromatic rings. The molecule has 0 aromatic heterocycles. The third-order valence-electron chi connectivity index (χ3n) is 2.18. The van der Waals surface area contributed by atoms with E-state index < -0.39 is 0 Å². The molecule has 0 fully saturated rings. The zero-order valence-corrected chi connectivity index (χ0v) is 7.69. The molecule has 1 rings (SSSR count). The molecule has 0 amide bonds. The molecular weight excluding hydrogens is 156 g/mol. The van der Waals surface area contributed by atoms with Crippen molar-refractivity contribution < 1.29 is 0 Å². The summed E-state index contributed by atoms with van der Waals surface area (Å²) in [6.07, 6.45) is 7.83. The molecule has 0 aromatic carbocycles. The van der Waals surface area contributed by atoms with Crippen LogP contribution in [0.3, 0.4) is 0 Å². The van der Waals surface area contributed by atoms with Crippen molar-refractivity contribution in [1.29, 1.82) is 0 Å². The van der Waals surface area contributed by atoms with E-state index in [9.17, 15) is 0 Å². The SMILES string of the molecule is CSC1(N)C=CC=C(N)C1C. The van der Waals surface area contributed by atoms with Crippen molar-refractivity contribution >= 4 is 11.8 Å². The molecule has 11 heavy (non-hydrogen) atoms. The van der Waals surface area contributed by atoms with Crippen molar-refractivity contribution in [3.05, 3.63) is 23.9 Å². The molecule has 0 radical (unpaired) electrons. The molecular formula is C8H14N2S. The average Bonchev–Trinajstić information content (AvgIpc) is 2.00. The van der Waals surface area contributed by atoms with Gasteiger partial charge in [-0.15, -0.1) is 11.8 Å². The summed E-state index contributed by atoms with van der Waals surface area (Å²) in [4.78, 5) is -0.307. The van der Waals surface area contributed by atoms with Crippen LogP contribution in [0.1, 0.15) is 6.92 Å². The summed E-state index contributed by atoms with van der Waals surface area (Å²) in [5.74, 6) is 0.225. The van der Waals surface area contributed by atoms with Gasteiger partial charge in [-0.2, -0.15) is 0 Å². The standard InChI is InChI=1S/C8H14N2S/c1-6-7(9)4-3-5-8(6,10)11-2/h3-6H,9-10H2,1-2H3. The van der Waals surface area contributed by atoms with Gasteiger partial charge in [-0.3, -0.25) is 0 Å². The lowest BCUT2D eigenvalue weighted by molar-refractivity contribution is 0.541. The van der Waals surface area contributed by atoms with Crippen LogP contribution < -0.4 is 11.5 Å². The first kappa shape index (κ1) is 8.68. The van der Waals surface area contributed by atoms with Crippen LogP contribution in [0.4, 0.5) is 0 Å². The van der Waals surface area contributed by atoms with Gasteiger partial charge in [0.05, 0.1) is 4.87 Å². The van der Waals surface area contributed by atoms with Crippen LogP contribution in [0.5, 0.6) is 0 Å². The fraction of sp³-hybridized carbons (Fsp3) is 0.500. The molecule has 3 heteroatoms. The maximum Gasteiger partial charge on any atom is 0.0887 e. The molecule has 0 spiro atoms. The van der Waals surface area contributed by atoms with Crippen LogP contribution in [0.15, 0.2) is 23.9 Å². The Morgan fingerprint density at radius 2 is 2.27 bits per heavy atom. The third kappa shape index (κ3) is 1.44. The van der Waals surface area contributed by atoms with E-state index in [2.05, 4.69) is 0 Å². The highest BCUT2D eigenvalue weighted by atomic mass is 32.2. The molecule has 62 valence electrons. The van der Waals surface area contributed by atoms with Crippen LogP contribution >= 0.6 is 11.8 Å². The molecule has 0 heterocycles.